The van der Waals surface area contributed by atoms with Gasteiger partial charge in [0.15, 0.2) is 17.8 Å². The van der Waals surface area contributed by atoms with Crippen molar-refractivity contribution >= 4 is 28.1 Å². The molecule has 5 rings (SSSR count). The van der Waals surface area contributed by atoms with E-state index in [-0.39, 0.29) is 11.8 Å². The number of benzene rings is 3. The Kier molecular flexibility index (Phi) is 5.72. The Balaban J connectivity index is 1.75. The maximum atomic E-state index is 12.2. The summed E-state index contributed by atoms with van der Waals surface area (Å²) in [5.74, 6) is 2.06. The van der Waals surface area contributed by atoms with Gasteiger partial charge in [0.1, 0.15) is 0 Å². The van der Waals surface area contributed by atoms with Crippen LogP contribution in [0, 0.1) is 6.92 Å². The number of fused-ring (bicyclic) bond motifs is 3. The van der Waals surface area contributed by atoms with E-state index in [0.717, 1.165) is 36.6 Å². The fourth-order valence-corrected chi connectivity index (χ4v) is 5.81. The second-order valence-electron chi connectivity index (χ2n) is 9.08. The SMILES string of the molecule is CCc1cc(C2CCC2c2c(C=O)cc(OC)c(OC)c2OC)c2c([nH]c3ccccc32)c1C. The number of carbonyl (C=O) groups is 1. The van der Waals surface area contributed by atoms with E-state index < -0.39 is 0 Å². The predicted octanol–water partition coefficient (Wildman–Crippen LogP) is 6.69. The Morgan fingerprint density at radius 1 is 1.00 bits per heavy atom. The first kappa shape index (κ1) is 22.3. The zero-order valence-electron chi connectivity index (χ0n) is 20.5. The van der Waals surface area contributed by atoms with Crippen LogP contribution in [0.5, 0.6) is 17.2 Å². The Morgan fingerprint density at radius 3 is 2.35 bits per heavy atom. The topological polar surface area (TPSA) is 60.6 Å². The summed E-state index contributed by atoms with van der Waals surface area (Å²) in [6.07, 6.45) is 3.92. The van der Waals surface area contributed by atoms with Crippen molar-refractivity contribution in [1.29, 1.82) is 0 Å². The van der Waals surface area contributed by atoms with Gasteiger partial charge in [-0.3, -0.25) is 4.79 Å². The third kappa shape index (κ3) is 3.17. The van der Waals surface area contributed by atoms with E-state index >= 15 is 0 Å². The van der Waals surface area contributed by atoms with Crippen LogP contribution < -0.4 is 14.2 Å². The lowest BCUT2D eigenvalue weighted by atomic mass is 9.64. The lowest BCUT2D eigenvalue weighted by molar-refractivity contribution is 0.112. The fraction of sp³-hybridized carbons (Fsp3) is 0.345. The number of H-pyrrole nitrogens is 1. The molecule has 5 heteroatoms. The number of aldehydes is 1. The van der Waals surface area contributed by atoms with Crippen molar-refractivity contribution in [2.75, 3.05) is 21.3 Å². The number of aromatic amines is 1. The molecule has 1 heterocycles. The highest BCUT2D eigenvalue weighted by molar-refractivity contribution is 6.10. The number of nitrogens with one attached hydrogen (secondary N) is 1. The smallest absolute Gasteiger partial charge is 0.203 e. The van der Waals surface area contributed by atoms with E-state index in [0.29, 0.717) is 22.8 Å². The molecule has 2 atom stereocenters. The Labute approximate surface area is 200 Å². The molecule has 1 aliphatic carbocycles. The lowest BCUT2D eigenvalue weighted by Gasteiger charge is -2.40. The van der Waals surface area contributed by atoms with Gasteiger partial charge in [-0.25, -0.2) is 0 Å². The first-order valence-electron chi connectivity index (χ1n) is 11.9. The summed E-state index contributed by atoms with van der Waals surface area (Å²) < 4.78 is 17.0. The molecule has 34 heavy (non-hydrogen) atoms. The normalized spacial score (nSPS) is 17.6. The average molecular weight is 458 g/mol. The molecule has 2 unspecified atom stereocenters. The van der Waals surface area contributed by atoms with Crippen LogP contribution in [-0.4, -0.2) is 32.6 Å². The summed E-state index contributed by atoms with van der Waals surface area (Å²) in [5.41, 5.74) is 7.90. The van der Waals surface area contributed by atoms with Crippen molar-refractivity contribution in [2.24, 2.45) is 0 Å². The summed E-state index contributed by atoms with van der Waals surface area (Å²) in [6.45, 7) is 4.42. The molecule has 1 fully saturated rings. The minimum Gasteiger partial charge on any atom is -0.493 e. The second kappa shape index (κ2) is 8.71. The van der Waals surface area contributed by atoms with Crippen LogP contribution in [0.2, 0.25) is 0 Å². The molecule has 0 amide bonds. The van der Waals surface area contributed by atoms with Crippen LogP contribution in [0.25, 0.3) is 21.8 Å². The monoisotopic (exact) mass is 457 g/mol. The van der Waals surface area contributed by atoms with Gasteiger partial charge in [-0.1, -0.05) is 31.2 Å². The van der Waals surface area contributed by atoms with Crippen molar-refractivity contribution in [3.8, 4) is 17.2 Å². The lowest BCUT2D eigenvalue weighted by Crippen LogP contribution is -2.24. The van der Waals surface area contributed by atoms with Crippen LogP contribution in [0.4, 0.5) is 0 Å². The molecule has 5 nitrogen and oxygen atoms in total. The molecule has 1 saturated carbocycles. The highest BCUT2D eigenvalue weighted by Crippen LogP contribution is 2.57. The van der Waals surface area contributed by atoms with Crippen molar-refractivity contribution in [3.63, 3.8) is 0 Å². The summed E-state index contributed by atoms with van der Waals surface area (Å²) in [5, 5.41) is 2.55. The number of rotatable bonds is 7. The van der Waals surface area contributed by atoms with Crippen molar-refractivity contribution in [1.82, 2.24) is 4.98 Å². The maximum absolute atomic E-state index is 12.2. The number of methoxy groups -OCH3 is 3. The number of hydrogen-bond donors (Lipinski definition) is 1. The molecule has 0 bridgehead atoms. The highest BCUT2D eigenvalue weighted by atomic mass is 16.5. The number of aromatic nitrogens is 1. The number of aryl methyl sites for hydroxylation is 2. The van der Waals surface area contributed by atoms with E-state index in [1.54, 1.807) is 27.4 Å². The molecule has 4 aromatic rings. The fourth-order valence-electron chi connectivity index (χ4n) is 5.81. The molecule has 0 radical (unpaired) electrons. The van der Waals surface area contributed by atoms with E-state index in [1.165, 1.54) is 33.0 Å². The van der Waals surface area contributed by atoms with Gasteiger partial charge >= 0.3 is 0 Å². The van der Waals surface area contributed by atoms with Crippen LogP contribution in [0.15, 0.2) is 36.4 Å². The predicted molar refractivity (Wildman–Crippen MR) is 136 cm³/mol. The van der Waals surface area contributed by atoms with Crippen LogP contribution in [0.3, 0.4) is 0 Å². The Morgan fingerprint density at radius 2 is 1.74 bits per heavy atom. The van der Waals surface area contributed by atoms with Gasteiger partial charge in [0.05, 0.1) is 21.3 Å². The molecule has 0 saturated heterocycles. The first-order chi connectivity index (χ1) is 16.6. The van der Waals surface area contributed by atoms with Crippen molar-refractivity contribution in [3.05, 3.63) is 64.2 Å². The van der Waals surface area contributed by atoms with Crippen LogP contribution in [-0.2, 0) is 6.42 Å². The summed E-state index contributed by atoms with van der Waals surface area (Å²) in [7, 11) is 4.80. The van der Waals surface area contributed by atoms with Gasteiger partial charge in [0.2, 0.25) is 5.75 Å². The second-order valence-corrected chi connectivity index (χ2v) is 9.08. The highest BCUT2D eigenvalue weighted by Gasteiger charge is 2.39. The van der Waals surface area contributed by atoms with Gasteiger partial charge in [0.25, 0.3) is 0 Å². The quantitative estimate of drug-likeness (QED) is 0.314. The molecule has 1 aromatic heterocycles. The van der Waals surface area contributed by atoms with Gasteiger partial charge in [-0.15, -0.1) is 0 Å². The molecule has 1 aliphatic rings. The van der Waals surface area contributed by atoms with Crippen LogP contribution >= 0.6 is 0 Å². The number of para-hydroxylation sites is 1. The minimum atomic E-state index is 0.152. The van der Waals surface area contributed by atoms with E-state index in [4.69, 9.17) is 14.2 Å². The van der Waals surface area contributed by atoms with E-state index in [2.05, 4.69) is 49.2 Å². The zero-order valence-corrected chi connectivity index (χ0v) is 20.5. The third-order valence-electron chi connectivity index (χ3n) is 7.63. The number of hydrogen-bond acceptors (Lipinski definition) is 4. The summed E-state index contributed by atoms with van der Waals surface area (Å²) >= 11 is 0. The average Bonchev–Trinajstić information content (AvgIpc) is 3.24. The van der Waals surface area contributed by atoms with Gasteiger partial charge in [-0.05, 0) is 66.8 Å². The molecule has 0 spiro atoms. The third-order valence-corrected chi connectivity index (χ3v) is 7.63. The minimum absolute atomic E-state index is 0.152. The molecule has 0 aliphatic heterocycles. The van der Waals surface area contributed by atoms with Crippen molar-refractivity contribution < 1.29 is 19.0 Å². The molecule has 3 aromatic carbocycles. The maximum Gasteiger partial charge on any atom is 0.203 e. The Bertz CT molecular complexity index is 1400. The number of carbonyl (C=O) groups excluding carboxylic acids is 1. The van der Waals surface area contributed by atoms with Gasteiger partial charge < -0.3 is 19.2 Å². The van der Waals surface area contributed by atoms with Gasteiger partial charge in [0, 0.05) is 32.9 Å². The number of ether oxygens (including phenoxy) is 3. The van der Waals surface area contributed by atoms with Crippen LogP contribution in [0.1, 0.15) is 64.2 Å². The molecule has 176 valence electrons. The molecular weight excluding hydrogens is 426 g/mol. The summed E-state index contributed by atoms with van der Waals surface area (Å²) in [6, 6.07) is 12.7. The largest absolute Gasteiger partial charge is 0.493 e. The van der Waals surface area contributed by atoms with Gasteiger partial charge in [-0.2, -0.15) is 0 Å². The molecule has 1 N–H and O–H groups in total. The molecular formula is C29H31NO4. The van der Waals surface area contributed by atoms with E-state index in [9.17, 15) is 4.79 Å². The van der Waals surface area contributed by atoms with Crippen molar-refractivity contribution in [2.45, 2.75) is 44.9 Å². The zero-order chi connectivity index (χ0) is 24.0. The standard InChI is InChI=1S/C29H31NO4/c1-6-17-13-22(26-21-9-7-8-10-23(21)30-27(26)16(17)2)19-11-12-20(19)25-18(15-31)14-24(32-3)28(33-4)29(25)34-5/h7-10,13-15,19-20,30H,6,11-12H2,1-5H3. The first-order valence-corrected chi connectivity index (χ1v) is 11.9. The summed E-state index contributed by atoms with van der Waals surface area (Å²) in [4.78, 5) is 15.9. The van der Waals surface area contributed by atoms with E-state index in [1.807, 2.05) is 0 Å². The Hall–Kier alpha value is -3.47.